The van der Waals surface area contributed by atoms with Gasteiger partial charge in [-0.3, -0.25) is 14.5 Å². The van der Waals surface area contributed by atoms with Crippen LogP contribution in [-0.2, 0) is 4.79 Å². The third-order valence-electron chi connectivity index (χ3n) is 6.13. The van der Waals surface area contributed by atoms with Crippen molar-refractivity contribution in [2.24, 2.45) is 0 Å². The first-order valence-electron chi connectivity index (χ1n) is 11.5. The molecule has 0 fully saturated rings. The summed E-state index contributed by atoms with van der Waals surface area (Å²) in [6.45, 7) is 2.42. The van der Waals surface area contributed by atoms with Gasteiger partial charge in [0.2, 0.25) is 5.78 Å². The van der Waals surface area contributed by atoms with Crippen molar-refractivity contribution < 1.29 is 23.8 Å². The molecule has 2 aromatic heterocycles. The SMILES string of the molecule is CCOc1ccc2nc(N3C(=O)C(O)=C(C(=O)c4cc5ccccc5o4)C3c3cccc(Cl)c3)sc2c1. The summed E-state index contributed by atoms with van der Waals surface area (Å²) >= 11 is 7.55. The van der Waals surface area contributed by atoms with Crippen molar-refractivity contribution in [2.45, 2.75) is 13.0 Å². The van der Waals surface area contributed by atoms with E-state index in [1.54, 1.807) is 42.5 Å². The molecule has 3 aromatic carbocycles. The zero-order valence-corrected chi connectivity index (χ0v) is 21.0. The predicted octanol–water partition coefficient (Wildman–Crippen LogP) is 6.88. The number of furan rings is 1. The third-order valence-corrected chi connectivity index (χ3v) is 7.38. The summed E-state index contributed by atoms with van der Waals surface area (Å²) in [5.74, 6) is -1.26. The van der Waals surface area contributed by atoms with Gasteiger partial charge >= 0.3 is 0 Å². The smallest absolute Gasteiger partial charge is 0.296 e. The average Bonchev–Trinajstić information content (AvgIpc) is 3.58. The van der Waals surface area contributed by atoms with Gasteiger partial charge in [0.05, 0.1) is 28.4 Å². The van der Waals surface area contributed by atoms with Crippen LogP contribution in [-0.4, -0.2) is 28.4 Å². The quantitative estimate of drug-likeness (QED) is 0.241. The van der Waals surface area contributed by atoms with E-state index in [4.69, 9.17) is 20.8 Å². The van der Waals surface area contributed by atoms with Crippen molar-refractivity contribution >= 4 is 60.9 Å². The van der Waals surface area contributed by atoms with Gasteiger partial charge in [0.25, 0.3) is 5.91 Å². The number of carbonyl (C=O) groups is 2. The number of carbonyl (C=O) groups excluding carboxylic acids is 2. The third kappa shape index (κ3) is 3.94. The van der Waals surface area contributed by atoms with Gasteiger partial charge in [-0.25, -0.2) is 4.98 Å². The maximum absolute atomic E-state index is 13.7. The van der Waals surface area contributed by atoms with Crippen LogP contribution >= 0.6 is 22.9 Å². The number of fused-ring (bicyclic) bond motifs is 2. The Balaban J connectivity index is 1.49. The Kier molecular flexibility index (Phi) is 5.70. The highest BCUT2D eigenvalue weighted by Crippen LogP contribution is 2.45. The summed E-state index contributed by atoms with van der Waals surface area (Å²) < 4.78 is 12.2. The molecule has 1 aliphatic heterocycles. The van der Waals surface area contributed by atoms with E-state index in [1.807, 2.05) is 37.3 Å². The Morgan fingerprint density at radius 3 is 2.76 bits per heavy atom. The molecule has 1 aliphatic rings. The van der Waals surface area contributed by atoms with Crippen LogP contribution in [0.2, 0.25) is 5.02 Å². The molecule has 0 radical (unpaired) electrons. The van der Waals surface area contributed by atoms with Crippen molar-refractivity contribution in [1.82, 2.24) is 4.98 Å². The lowest BCUT2D eigenvalue weighted by atomic mass is 9.95. The first kappa shape index (κ1) is 23.3. The second-order valence-corrected chi connectivity index (χ2v) is 9.88. The zero-order valence-electron chi connectivity index (χ0n) is 19.5. The number of anilines is 1. The van der Waals surface area contributed by atoms with Crippen molar-refractivity contribution in [3.8, 4) is 5.75 Å². The number of nitrogens with zero attached hydrogens (tertiary/aromatic N) is 2. The molecule has 1 unspecified atom stereocenters. The number of amides is 1. The molecular formula is C28H19ClN2O5S. The van der Waals surface area contributed by atoms with Gasteiger partial charge in [-0.2, -0.15) is 0 Å². The van der Waals surface area contributed by atoms with Gasteiger partial charge in [-0.1, -0.05) is 53.3 Å². The van der Waals surface area contributed by atoms with Crippen LogP contribution in [0.15, 0.2) is 88.5 Å². The molecule has 1 atom stereocenters. The van der Waals surface area contributed by atoms with Crippen molar-refractivity contribution in [3.05, 3.63) is 100 Å². The molecule has 0 saturated carbocycles. The normalized spacial score (nSPS) is 15.8. The molecule has 9 heteroatoms. The minimum absolute atomic E-state index is 0.0232. The number of para-hydroxylation sites is 1. The summed E-state index contributed by atoms with van der Waals surface area (Å²) in [4.78, 5) is 33.2. The number of ketones is 1. The number of aliphatic hydroxyl groups is 1. The topological polar surface area (TPSA) is 92.9 Å². The van der Waals surface area contributed by atoms with Crippen LogP contribution in [0.4, 0.5) is 5.13 Å². The minimum atomic E-state index is -0.959. The Morgan fingerprint density at radius 1 is 1.14 bits per heavy atom. The lowest BCUT2D eigenvalue weighted by Crippen LogP contribution is -2.30. The second kappa shape index (κ2) is 9.06. The van der Waals surface area contributed by atoms with E-state index in [0.717, 1.165) is 10.1 Å². The molecule has 1 amide bonds. The van der Waals surface area contributed by atoms with Gasteiger partial charge < -0.3 is 14.3 Å². The lowest BCUT2D eigenvalue weighted by molar-refractivity contribution is -0.117. The van der Waals surface area contributed by atoms with Crippen LogP contribution in [0, 0.1) is 0 Å². The standard InChI is InChI=1S/C28H19ClN2O5S/c1-2-35-18-10-11-19-22(14-18)37-28(30-19)31-24(16-7-5-8-17(29)12-16)23(26(33)27(31)34)25(32)21-13-15-6-3-4-9-20(15)36-21/h3-14,24,33H,2H2,1H3. The average molecular weight is 531 g/mol. The van der Waals surface area contributed by atoms with E-state index in [2.05, 4.69) is 4.98 Å². The highest BCUT2D eigenvalue weighted by Gasteiger charge is 2.46. The maximum Gasteiger partial charge on any atom is 0.296 e. The number of ether oxygens (including phenoxy) is 1. The summed E-state index contributed by atoms with van der Waals surface area (Å²) in [5, 5.41) is 12.5. The maximum atomic E-state index is 13.7. The van der Waals surface area contributed by atoms with Gasteiger partial charge in [-0.15, -0.1) is 0 Å². The molecular weight excluding hydrogens is 512 g/mol. The molecule has 3 heterocycles. The van der Waals surface area contributed by atoms with Gasteiger partial charge in [0.1, 0.15) is 11.3 Å². The number of hydrogen-bond acceptors (Lipinski definition) is 7. The molecule has 1 N–H and O–H groups in total. The van der Waals surface area contributed by atoms with Crippen LogP contribution in [0.25, 0.3) is 21.2 Å². The van der Waals surface area contributed by atoms with E-state index in [1.165, 1.54) is 16.2 Å². The van der Waals surface area contributed by atoms with Crippen LogP contribution < -0.4 is 9.64 Å². The Morgan fingerprint density at radius 2 is 1.97 bits per heavy atom. The number of rotatable bonds is 6. The molecule has 0 spiro atoms. The second-order valence-electron chi connectivity index (χ2n) is 8.43. The summed E-state index contributed by atoms with van der Waals surface area (Å²) in [7, 11) is 0. The highest BCUT2D eigenvalue weighted by atomic mass is 35.5. The van der Waals surface area contributed by atoms with E-state index < -0.39 is 23.5 Å². The predicted molar refractivity (Wildman–Crippen MR) is 143 cm³/mol. The Labute approximate surface area is 220 Å². The molecule has 0 bridgehead atoms. The number of hydrogen-bond donors (Lipinski definition) is 1. The summed E-state index contributed by atoms with van der Waals surface area (Å²) in [6, 6.07) is 20.2. The van der Waals surface area contributed by atoms with E-state index in [0.29, 0.717) is 39.2 Å². The number of benzene rings is 3. The number of halogens is 1. The number of thiazole rings is 1. The van der Waals surface area contributed by atoms with Gasteiger partial charge in [-0.05, 0) is 55.0 Å². The van der Waals surface area contributed by atoms with Crippen molar-refractivity contribution in [2.75, 3.05) is 11.5 Å². The first-order chi connectivity index (χ1) is 17.9. The fraction of sp³-hybridized carbons (Fsp3) is 0.107. The van der Waals surface area contributed by atoms with E-state index >= 15 is 0 Å². The Bertz CT molecular complexity index is 1700. The van der Waals surface area contributed by atoms with Gasteiger partial charge in [0, 0.05) is 10.4 Å². The molecule has 6 rings (SSSR count). The number of Topliss-reactive ketones (excluding diaryl/α,β-unsaturated/α-hetero) is 1. The Hall–Kier alpha value is -4.14. The number of aromatic nitrogens is 1. The van der Waals surface area contributed by atoms with Crippen LogP contribution in [0.5, 0.6) is 5.75 Å². The largest absolute Gasteiger partial charge is 0.503 e. The fourth-order valence-corrected chi connectivity index (χ4v) is 5.72. The zero-order chi connectivity index (χ0) is 25.7. The van der Waals surface area contributed by atoms with Crippen molar-refractivity contribution in [3.63, 3.8) is 0 Å². The first-order valence-corrected chi connectivity index (χ1v) is 12.7. The summed E-state index contributed by atoms with van der Waals surface area (Å²) in [6.07, 6.45) is 0. The van der Waals surface area contributed by atoms with E-state index in [-0.39, 0.29) is 11.3 Å². The molecule has 7 nitrogen and oxygen atoms in total. The number of aliphatic hydroxyl groups excluding tert-OH is 1. The fourth-order valence-electron chi connectivity index (χ4n) is 4.51. The minimum Gasteiger partial charge on any atom is -0.503 e. The molecule has 0 aliphatic carbocycles. The molecule has 37 heavy (non-hydrogen) atoms. The van der Waals surface area contributed by atoms with Crippen LogP contribution in [0.1, 0.15) is 29.1 Å². The van der Waals surface area contributed by atoms with Gasteiger partial charge in [0.15, 0.2) is 16.7 Å². The molecule has 0 saturated heterocycles. The molecule has 5 aromatic rings. The van der Waals surface area contributed by atoms with Crippen LogP contribution in [0.3, 0.4) is 0 Å². The van der Waals surface area contributed by atoms with Crippen molar-refractivity contribution in [1.29, 1.82) is 0 Å². The summed E-state index contributed by atoms with van der Waals surface area (Å²) in [5.41, 5.74) is 1.65. The lowest BCUT2D eigenvalue weighted by Gasteiger charge is -2.24. The van der Waals surface area contributed by atoms with E-state index in [9.17, 15) is 14.7 Å². The monoisotopic (exact) mass is 530 g/mol. The molecule has 184 valence electrons. The highest BCUT2D eigenvalue weighted by molar-refractivity contribution is 7.22.